The molecule has 1 unspecified atom stereocenters. The number of hydrogen-bond acceptors (Lipinski definition) is 3. The van der Waals surface area contributed by atoms with Gasteiger partial charge in [0.25, 0.3) is 0 Å². The molecule has 0 saturated carbocycles. The predicted molar refractivity (Wildman–Crippen MR) is 81.8 cm³/mol. The first-order chi connectivity index (χ1) is 9.25. The number of hydrogen-bond donors (Lipinski definition) is 2. The smallest absolute Gasteiger partial charge is 0.220 e. The largest absolute Gasteiger partial charge is 0.381 e. The summed E-state index contributed by atoms with van der Waals surface area (Å²) >= 11 is 0. The average Bonchev–Trinajstić information content (AvgIpc) is 2.47. The van der Waals surface area contributed by atoms with Crippen molar-refractivity contribution in [2.75, 3.05) is 19.8 Å². The van der Waals surface area contributed by atoms with E-state index in [1.54, 1.807) is 0 Å². The van der Waals surface area contributed by atoms with Crippen molar-refractivity contribution in [3.05, 3.63) is 35.9 Å². The quantitative estimate of drug-likeness (QED) is 0.874. The molecule has 0 radical (unpaired) electrons. The molecule has 0 bridgehead atoms. The average molecular weight is 299 g/mol. The lowest BCUT2D eigenvalue weighted by Gasteiger charge is -2.21. The Labute approximate surface area is 126 Å². The zero-order valence-electron chi connectivity index (χ0n) is 11.6. The molecular weight excluding hydrogens is 276 g/mol. The second kappa shape index (κ2) is 8.95. The summed E-state index contributed by atoms with van der Waals surface area (Å²) in [7, 11) is 0. The van der Waals surface area contributed by atoms with E-state index in [-0.39, 0.29) is 24.4 Å². The van der Waals surface area contributed by atoms with Crippen LogP contribution in [-0.4, -0.2) is 25.7 Å². The fraction of sp³-hybridized carbons (Fsp3) is 0.533. The number of amides is 1. The fourth-order valence-electron chi connectivity index (χ4n) is 2.33. The number of nitrogens with one attached hydrogen (secondary N) is 1. The second-order valence-electron chi connectivity index (χ2n) is 5.08. The molecule has 0 aromatic heterocycles. The molecule has 1 aliphatic heterocycles. The normalized spacial score (nSPS) is 17.1. The first-order valence-corrected chi connectivity index (χ1v) is 6.90. The number of ether oxygens (including phenoxy) is 1. The number of rotatable bonds is 5. The molecule has 1 atom stereocenters. The van der Waals surface area contributed by atoms with Crippen molar-refractivity contribution in [1.82, 2.24) is 5.32 Å². The van der Waals surface area contributed by atoms with E-state index in [4.69, 9.17) is 10.5 Å². The topological polar surface area (TPSA) is 64.3 Å². The summed E-state index contributed by atoms with van der Waals surface area (Å²) in [5.74, 6) is 0.556. The van der Waals surface area contributed by atoms with Gasteiger partial charge in [0, 0.05) is 32.2 Å². The first-order valence-electron chi connectivity index (χ1n) is 6.90. The van der Waals surface area contributed by atoms with Crippen molar-refractivity contribution in [3.63, 3.8) is 0 Å². The molecule has 2 rings (SSSR count). The summed E-state index contributed by atoms with van der Waals surface area (Å²) in [5.41, 5.74) is 7.09. The van der Waals surface area contributed by atoms with Crippen LogP contribution in [0, 0.1) is 5.92 Å². The third kappa shape index (κ3) is 5.49. The van der Waals surface area contributed by atoms with Crippen LogP contribution < -0.4 is 11.1 Å². The first kappa shape index (κ1) is 17.0. The van der Waals surface area contributed by atoms with Gasteiger partial charge >= 0.3 is 0 Å². The van der Waals surface area contributed by atoms with Gasteiger partial charge in [0.1, 0.15) is 0 Å². The molecule has 5 heteroatoms. The van der Waals surface area contributed by atoms with Crippen LogP contribution in [-0.2, 0) is 9.53 Å². The van der Waals surface area contributed by atoms with E-state index in [9.17, 15) is 4.79 Å². The fourth-order valence-corrected chi connectivity index (χ4v) is 2.33. The van der Waals surface area contributed by atoms with E-state index >= 15 is 0 Å². The highest BCUT2D eigenvalue weighted by Crippen LogP contribution is 2.18. The van der Waals surface area contributed by atoms with Gasteiger partial charge in [-0.2, -0.15) is 0 Å². The van der Waals surface area contributed by atoms with E-state index < -0.39 is 0 Å². The van der Waals surface area contributed by atoms with Crippen LogP contribution in [0.25, 0.3) is 0 Å². The van der Waals surface area contributed by atoms with Gasteiger partial charge in [0.2, 0.25) is 5.91 Å². The van der Waals surface area contributed by atoms with E-state index in [0.29, 0.717) is 18.9 Å². The van der Waals surface area contributed by atoms with Gasteiger partial charge in [-0.05, 0) is 24.3 Å². The third-order valence-electron chi connectivity index (χ3n) is 3.56. The van der Waals surface area contributed by atoms with Gasteiger partial charge in [-0.15, -0.1) is 12.4 Å². The zero-order valence-corrected chi connectivity index (χ0v) is 12.4. The summed E-state index contributed by atoms with van der Waals surface area (Å²) in [5, 5.41) is 2.92. The summed E-state index contributed by atoms with van der Waals surface area (Å²) < 4.78 is 5.29. The maximum absolute atomic E-state index is 11.8. The Hall–Kier alpha value is -1.10. The maximum Gasteiger partial charge on any atom is 0.220 e. The molecule has 112 valence electrons. The molecule has 3 N–H and O–H groups in total. The Bertz CT molecular complexity index is 394. The highest BCUT2D eigenvalue weighted by molar-refractivity contribution is 5.85. The molecule has 1 fully saturated rings. The van der Waals surface area contributed by atoms with Crippen molar-refractivity contribution in [3.8, 4) is 0 Å². The minimum Gasteiger partial charge on any atom is -0.381 e. The standard InChI is InChI=1S/C15H22N2O2.ClH/c16-14(13-4-2-1-3-5-13)11-17-15(18)10-12-6-8-19-9-7-12;/h1-5,12,14H,6-11,16H2,(H,17,18);1H. The van der Waals surface area contributed by atoms with E-state index in [1.807, 2.05) is 30.3 Å². The van der Waals surface area contributed by atoms with Crippen molar-refractivity contribution < 1.29 is 9.53 Å². The highest BCUT2D eigenvalue weighted by atomic mass is 35.5. The molecule has 1 amide bonds. The van der Waals surface area contributed by atoms with Gasteiger partial charge in [-0.25, -0.2) is 0 Å². The highest BCUT2D eigenvalue weighted by Gasteiger charge is 2.17. The van der Waals surface area contributed by atoms with Crippen LogP contribution in [0.1, 0.15) is 30.9 Å². The van der Waals surface area contributed by atoms with Crippen LogP contribution in [0.4, 0.5) is 0 Å². The minimum absolute atomic E-state index is 0. The van der Waals surface area contributed by atoms with Gasteiger partial charge in [0.15, 0.2) is 0 Å². The molecule has 1 aliphatic rings. The molecular formula is C15H23ClN2O2. The van der Waals surface area contributed by atoms with Crippen LogP contribution in [0.3, 0.4) is 0 Å². The lowest BCUT2D eigenvalue weighted by molar-refractivity contribution is -0.122. The monoisotopic (exact) mass is 298 g/mol. The Kier molecular flexibility index (Phi) is 7.59. The molecule has 1 heterocycles. The van der Waals surface area contributed by atoms with Crippen molar-refractivity contribution in [2.24, 2.45) is 11.7 Å². The lowest BCUT2D eigenvalue weighted by atomic mass is 9.96. The van der Waals surface area contributed by atoms with Crippen LogP contribution in [0.5, 0.6) is 0 Å². The molecule has 0 aliphatic carbocycles. The molecule has 0 spiro atoms. The Morgan fingerprint density at radius 1 is 1.30 bits per heavy atom. The molecule has 1 saturated heterocycles. The van der Waals surface area contributed by atoms with Crippen molar-refractivity contribution in [2.45, 2.75) is 25.3 Å². The SMILES string of the molecule is Cl.NC(CNC(=O)CC1CCOCC1)c1ccccc1. The molecule has 1 aromatic carbocycles. The molecule has 20 heavy (non-hydrogen) atoms. The van der Waals surface area contributed by atoms with Gasteiger partial charge in [-0.1, -0.05) is 30.3 Å². The molecule has 1 aromatic rings. The number of carbonyl (C=O) groups excluding carboxylic acids is 1. The Balaban J connectivity index is 0.00000200. The Morgan fingerprint density at radius 2 is 1.95 bits per heavy atom. The number of halogens is 1. The van der Waals surface area contributed by atoms with Crippen molar-refractivity contribution >= 4 is 18.3 Å². The third-order valence-corrected chi connectivity index (χ3v) is 3.56. The van der Waals surface area contributed by atoms with Gasteiger partial charge < -0.3 is 15.8 Å². The van der Waals surface area contributed by atoms with E-state index in [2.05, 4.69) is 5.32 Å². The lowest BCUT2D eigenvalue weighted by Crippen LogP contribution is -2.33. The zero-order chi connectivity index (χ0) is 13.5. The number of carbonyl (C=O) groups is 1. The summed E-state index contributed by atoms with van der Waals surface area (Å²) in [6.07, 6.45) is 2.56. The van der Waals surface area contributed by atoms with Crippen LogP contribution >= 0.6 is 12.4 Å². The van der Waals surface area contributed by atoms with Gasteiger partial charge in [-0.3, -0.25) is 4.79 Å². The summed E-state index contributed by atoms with van der Waals surface area (Å²) in [4.78, 5) is 11.8. The number of nitrogens with two attached hydrogens (primary N) is 1. The van der Waals surface area contributed by atoms with Gasteiger partial charge in [0.05, 0.1) is 0 Å². The predicted octanol–water partition coefficient (Wildman–Crippen LogP) is 2.04. The summed E-state index contributed by atoms with van der Waals surface area (Å²) in [6, 6.07) is 9.70. The minimum atomic E-state index is -0.139. The van der Waals surface area contributed by atoms with Crippen LogP contribution in [0.15, 0.2) is 30.3 Å². The van der Waals surface area contributed by atoms with Crippen LogP contribution in [0.2, 0.25) is 0 Å². The second-order valence-corrected chi connectivity index (χ2v) is 5.08. The van der Waals surface area contributed by atoms with E-state index in [0.717, 1.165) is 31.6 Å². The summed E-state index contributed by atoms with van der Waals surface area (Å²) in [6.45, 7) is 2.05. The number of benzene rings is 1. The maximum atomic E-state index is 11.8. The molecule has 4 nitrogen and oxygen atoms in total. The van der Waals surface area contributed by atoms with Crippen molar-refractivity contribution in [1.29, 1.82) is 0 Å². The van der Waals surface area contributed by atoms with E-state index in [1.165, 1.54) is 0 Å². The Morgan fingerprint density at radius 3 is 2.60 bits per heavy atom.